The van der Waals surface area contributed by atoms with E-state index < -0.39 is 12.1 Å². The number of aliphatic hydroxyl groups is 2. The van der Waals surface area contributed by atoms with E-state index in [9.17, 15) is 19.8 Å². The topological polar surface area (TPSA) is 95.9 Å². The van der Waals surface area contributed by atoms with Crippen LogP contribution in [0.1, 0.15) is 296 Å². The van der Waals surface area contributed by atoms with Crippen LogP contribution in [-0.2, 0) is 14.3 Å². The number of esters is 1. The number of carbonyl (C=O) groups is 2. The zero-order valence-corrected chi connectivity index (χ0v) is 43.9. The second-order valence-corrected chi connectivity index (χ2v) is 19.6. The molecule has 2 unspecified atom stereocenters. The van der Waals surface area contributed by atoms with Crippen LogP contribution in [0.25, 0.3) is 0 Å². The van der Waals surface area contributed by atoms with Crippen LogP contribution in [0.5, 0.6) is 0 Å². The number of aliphatic hydroxyl groups excluding tert-OH is 2. The molecule has 0 aromatic rings. The fourth-order valence-electron chi connectivity index (χ4n) is 8.59. The van der Waals surface area contributed by atoms with Gasteiger partial charge >= 0.3 is 5.97 Å². The Morgan fingerprint density at radius 3 is 1.21 bits per heavy atom. The van der Waals surface area contributed by atoms with Crippen LogP contribution in [0.2, 0.25) is 0 Å². The highest BCUT2D eigenvalue weighted by atomic mass is 16.5. The first-order valence-electron chi connectivity index (χ1n) is 28.9. The van der Waals surface area contributed by atoms with E-state index in [4.69, 9.17) is 4.74 Å². The van der Waals surface area contributed by atoms with Crippen molar-refractivity contribution in [2.45, 2.75) is 309 Å². The predicted octanol–water partition coefficient (Wildman–Crippen LogP) is 17.8. The van der Waals surface area contributed by atoms with Gasteiger partial charge in [-0.2, -0.15) is 0 Å². The molecule has 2 atom stereocenters. The van der Waals surface area contributed by atoms with Crippen LogP contribution in [0.4, 0.5) is 0 Å². The molecule has 0 radical (unpaired) electrons. The van der Waals surface area contributed by atoms with Crippen molar-refractivity contribution >= 4 is 11.9 Å². The van der Waals surface area contributed by atoms with E-state index in [2.05, 4.69) is 55.6 Å². The summed E-state index contributed by atoms with van der Waals surface area (Å²) in [5.41, 5.74) is 0. The van der Waals surface area contributed by atoms with E-state index in [1.807, 2.05) is 6.08 Å². The van der Waals surface area contributed by atoms with Crippen molar-refractivity contribution in [3.05, 3.63) is 48.6 Å². The highest BCUT2D eigenvalue weighted by molar-refractivity contribution is 5.76. The molecule has 0 bridgehead atoms. The highest BCUT2D eigenvalue weighted by Crippen LogP contribution is 2.16. The zero-order valence-electron chi connectivity index (χ0n) is 43.9. The molecule has 0 heterocycles. The normalized spacial score (nSPS) is 13.0. The summed E-state index contributed by atoms with van der Waals surface area (Å²) in [6.45, 7) is 4.85. The lowest BCUT2D eigenvalue weighted by atomic mass is 10.0. The maximum Gasteiger partial charge on any atom is 0.305 e. The van der Waals surface area contributed by atoms with Crippen molar-refractivity contribution in [3.63, 3.8) is 0 Å². The summed E-state index contributed by atoms with van der Waals surface area (Å²) in [4.78, 5) is 24.5. The van der Waals surface area contributed by atoms with Gasteiger partial charge in [0.15, 0.2) is 0 Å². The Balaban J connectivity index is 3.46. The van der Waals surface area contributed by atoms with Crippen molar-refractivity contribution in [1.29, 1.82) is 0 Å². The molecule has 0 fully saturated rings. The highest BCUT2D eigenvalue weighted by Gasteiger charge is 2.18. The summed E-state index contributed by atoms with van der Waals surface area (Å²) in [5, 5.41) is 23.1. The van der Waals surface area contributed by atoms with Gasteiger partial charge in [0.1, 0.15) is 0 Å². The first-order chi connectivity index (χ1) is 32.5. The number of amides is 1. The van der Waals surface area contributed by atoms with E-state index in [-0.39, 0.29) is 18.5 Å². The third-order valence-corrected chi connectivity index (χ3v) is 13.1. The van der Waals surface area contributed by atoms with E-state index in [1.165, 1.54) is 212 Å². The second-order valence-electron chi connectivity index (χ2n) is 19.6. The minimum absolute atomic E-state index is 0.00766. The van der Waals surface area contributed by atoms with E-state index in [0.717, 1.165) is 57.8 Å². The second kappa shape index (κ2) is 55.4. The van der Waals surface area contributed by atoms with Gasteiger partial charge in [-0.3, -0.25) is 9.59 Å². The molecule has 0 aromatic carbocycles. The Bertz CT molecular complexity index is 1110. The average Bonchev–Trinajstić information content (AvgIpc) is 3.32. The van der Waals surface area contributed by atoms with E-state index in [1.54, 1.807) is 6.08 Å². The summed E-state index contributed by atoms with van der Waals surface area (Å²) in [6.07, 6.45) is 69.9. The Labute approximate surface area is 410 Å². The van der Waals surface area contributed by atoms with Crippen molar-refractivity contribution in [1.82, 2.24) is 5.32 Å². The molecule has 386 valence electrons. The summed E-state index contributed by atoms with van der Waals surface area (Å²) in [6, 6.07) is -0.634. The smallest absolute Gasteiger partial charge is 0.305 e. The van der Waals surface area contributed by atoms with Crippen LogP contribution in [0.3, 0.4) is 0 Å². The Morgan fingerprint density at radius 1 is 0.424 bits per heavy atom. The summed E-state index contributed by atoms with van der Waals surface area (Å²) in [5.74, 6) is -0.0841. The summed E-state index contributed by atoms with van der Waals surface area (Å²) in [7, 11) is 0. The Hall–Kier alpha value is -2.18. The number of ether oxygens (including phenoxy) is 1. The molecule has 6 heteroatoms. The zero-order chi connectivity index (χ0) is 47.9. The number of unbranched alkanes of at least 4 members (excludes halogenated alkanes) is 36. The molecule has 6 nitrogen and oxygen atoms in total. The van der Waals surface area contributed by atoms with Gasteiger partial charge in [0.05, 0.1) is 25.4 Å². The molecule has 0 saturated heterocycles. The Kier molecular flexibility index (Phi) is 53.6. The SMILES string of the molecule is CCCC/C=C\C/C=C\CCCCCCCC(=O)OCCCCCCCCCCCC/C=C\CCCCCCCCCC(=O)NC(CO)C(O)/C=C/CCCCCCCCCCCCCC. The number of carbonyl (C=O) groups excluding carboxylic acids is 2. The van der Waals surface area contributed by atoms with Crippen LogP contribution < -0.4 is 5.32 Å². The minimum Gasteiger partial charge on any atom is -0.466 e. The van der Waals surface area contributed by atoms with Crippen molar-refractivity contribution in [3.8, 4) is 0 Å². The summed E-state index contributed by atoms with van der Waals surface area (Å²) >= 11 is 0. The van der Waals surface area contributed by atoms with Crippen molar-refractivity contribution in [2.75, 3.05) is 13.2 Å². The lowest BCUT2D eigenvalue weighted by Gasteiger charge is -2.20. The van der Waals surface area contributed by atoms with Gasteiger partial charge in [0, 0.05) is 12.8 Å². The van der Waals surface area contributed by atoms with Gasteiger partial charge in [0.2, 0.25) is 5.91 Å². The molecule has 0 spiro atoms. The lowest BCUT2D eigenvalue weighted by molar-refractivity contribution is -0.143. The maximum atomic E-state index is 12.4. The van der Waals surface area contributed by atoms with E-state index >= 15 is 0 Å². The molecule has 0 saturated carbocycles. The molecular weight excluding hydrogens is 815 g/mol. The Morgan fingerprint density at radius 2 is 0.773 bits per heavy atom. The molecule has 0 rings (SSSR count). The first kappa shape index (κ1) is 63.8. The molecule has 1 amide bonds. The fourth-order valence-corrected chi connectivity index (χ4v) is 8.59. The molecule has 0 aliphatic heterocycles. The fraction of sp³-hybridized carbons (Fsp3) is 0.833. The number of hydrogen-bond donors (Lipinski definition) is 3. The number of allylic oxidation sites excluding steroid dienone is 7. The largest absolute Gasteiger partial charge is 0.466 e. The van der Waals surface area contributed by atoms with Crippen LogP contribution in [-0.4, -0.2) is 47.4 Å². The number of hydrogen-bond acceptors (Lipinski definition) is 5. The van der Waals surface area contributed by atoms with Crippen LogP contribution in [0.15, 0.2) is 48.6 Å². The van der Waals surface area contributed by atoms with Gasteiger partial charge in [-0.15, -0.1) is 0 Å². The average molecular weight is 927 g/mol. The molecule has 0 aliphatic rings. The van der Waals surface area contributed by atoms with Gasteiger partial charge in [-0.25, -0.2) is 0 Å². The van der Waals surface area contributed by atoms with Crippen molar-refractivity contribution < 1.29 is 24.5 Å². The van der Waals surface area contributed by atoms with Gasteiger partial charge < -0.3 is 20.3 Å². The lowest BCUT2D eigenvalue weighted by Crippen LogP contribution is -2.45. The van der Waals surface area contributed by atoms with Crippen molar-refractivity contribution in [2.24, 2.45) is 0 Å². The van der Waals surface area contributed by atoms with Crippen LogP contribution >= 0.6 is 0 Å². The first-order valence-corrected chi connectivity index (χ1v) is 28.9. The monoisotopic (exact) mass is 926 g/mol. The molecule has 3 N–H and O–H groups in total. The molecule has 0 aromatic heterocycles. The van der Waals surface area contributed by atoms with Gasteiger partial charge in [0.25, 0.3) is 0 Å². The number of nitrogens with one attached hydrogen (secondary N) is 1. The minimum atomic E-state index is -0.850. The quantitative estimate of drug-likeness (QED) is 0.0321. The third-order valence-electron chi connectivity index (χ3n) is 13.1. The third kappa shape index (κ3) is 51.2. The molecular formula is C60H111NO5. The standard InChI is InChI=1S/C60H111NO5/c1-3-5-7-9-11-13-15-17-28-32-36-40-44-48-52-58(63)57(56-62)61-59(64)53-49-45-41-37-33-29-26-24-22-20-19-21-23-25-27-31-35-39-43-47-51-55-66-60(65)54-50-46-42-38-34-30-18-16-14-12-10-8-6-4-2/h10,12,16,18,20,22,48,52,57-58,62-63H,3-9,11,13-15,17,19,21,23-47,49-51,53-56H2,1-2H3,(H,61,64)/b12-10-,18-16-,22-20-,52-48+. The molecule has 66 heavy (non-hydrogen) atoms. The maximum absolute atomic E-state index is 12.4. The van der Waals surface area contributed by atoms with Gasteiger partial charge in [-0.1, -0.05) is 249 Å². The van der Waals surface area contributed by atoms with E-state index in [0.29, 0.717) is 19.4 Å². The number of rotatable bonds is 53. The summed E-state index contributed by atoms with van der Waals surface area (Å²) < 4.78 is 5.46. The molecule has 0 aliphatic carbocycles. The van der Waals surface area contributed by atoms with Gasteiger partial charge in [-0.05, 0) is 83.5 Å². The predicted molar refractivity (Wildman–Crippen MR) is 287 cm³/mol. The van der Waals surface area contributed by atoms with Crippen LogP contribution in [0, 0.1) is 0 Å².